The quantitative estimate of drug-likeness (QED) is 0.416. The number of aryl methyl sites for hydroxylation is 1. The van der Waals surface area contributed by atoms with Crippen LogP contribution in [0.5, 0.6) is 0 Å². The molecule has 1 amide bonds. The maximum absolute atomic E-state index is 13.0. The highest BCUT2D eigenvalue weighted by Gasteiger charge is 2.45. The van der Waals surface area contributed by atoms with Gasteiger partial charge in [-0.05, 0) is 17.7 Å². The van der Waals surface area contributed by atoms with Crippen LogP contribution in [-0.4, -0.2) is 54.2 Å². The number of hydrogen-bond acceptors (Lipinski definition) is 8. The third-order valence-corrected chi connectivity index (χ3v) is 6.82. The number of likely N-dealkylation sites (N-methyl/N-ethyl adjacent to an activating group) is 1. The Hall–Kier alpha value is -3.84. The van der Waals surface area contributed by atoms with E-state index < -0.39 is 17.5 Å². The average Bonchev–Trinajstić information content (AvgIpc) is 3.55. The molecule has 1 aliphatic rings. The fourth-order valence-corrected chi connectivity index (χ4v) is 4.84. The van der Waals surface area contributed by atoms with Crippen molar-refractivity contribution in [3.63, 3.8) is 0 Å². The number of aliphatic hydroxyl groups is 1. The maximum atomic E-state index is 13.0. The molecule has 186 valence electrons. The zero-order valence-corrected chi connectivity index (χ0v) is 19.9. The van der Waals surface area contributed by atoms with E-state index in [9.17, 15) is 23.1 Å². The molecule has 0 saturated carbocycles. The third kappa shape index (κ3) is 4.31. The van der Waals surface area contributed by atoms with Crippen molar-refractivity contribution in [2.75, 3.05) is 18.9 Å². The van der Waals surface area contributed by atoms with Gasteiger partial charge in [-0.1, -0.05) is 18.2 Å². The monoisotopic (exact) mass is 515 g/mol. The van der Waals surface area contributed by atoms with Crippen LogP contribution in [0, 0.1) is 0 Å². The van der Waals surface area contributed by atoms with E-state index in [1.54, 1.807) is 36.7 Å². The number of likely N-dealkylation sites (tertiary alicyclic amines) is 1. The van der Waals surface area contributed by atoms with Crippen molar-refractivity contribution in [1.82, 2.24) is 29.6 Å². The van der Waals surface area contributed by atoms with E-state index in [4.69, 9.17) is 0 Å². The summed E-state index contributed by atoms with van der Waals surface area (Å²) in [5.74, 6) is -0.305. The minimum atomic E-state index is -4.53. The highest BCUT2D eigenvalue weighted by molar-refractivity contribution is 7.13. The van der Waals surface area contributed by atoms with Crippen LogP contribution in [0.1, 0.15) is 17.7 Å². The number of rotatable bonds is 5. The van der Waals surface area contributed by atoms with Gasteiger partial charge in [0.1, 0.15) is 16.4 Å². The van der Waals surface area contributed by atoms with Crippen molar-refractivity contribution in [3.05, 3.63) is 59.2 Å². The van der Waals surface area contributed by atoms with Crippen molar-refractivity contribution in [2.45, 2.75) is 18.2 Å². The van der Waals surface area contributed by atoms with E-state index in [2.05, 4.69) is 25.4 Å². The van der Waals surface area contributed by atoms with Crippen molar-refractivity contribution in [3.8, 4) is 22.0 Å². The van der Waals surface area contributed by atoms with Crippen molar-refractivity contribution >= 4 is 29.0 Å². The summed E-state index contributed by atoms with van der Waals surface area (Å²) in [5.41, 5.74) is -0.214. The van der Waals surface area contributed by atoms with E-state index in [0.29, 0.717) is 34.9 Å². The van der Waals surface area contributed by atoms with E-state index >= 15 is 0 Å². The number of carbonyl (C=O) groups is 1. The van der Waals surface area contributed by atoms with Gasteiger partial charge in [0.05, 0.1) is 5.69 Å². The average molecular weight is 516 g/mol. The molecule has 4 heterocycles. The molecule has 1 aromatic carbocycles. The standard InChI is InChI=1S/C23H20F3N7O2S/c1-32-9-7-22(35,20(32)34)14-5-3-4-13(10-14)19-28-16(12-36-19)15-6-8-27-21(29-15)30-18-11-17(23(24,25)26)33(2)31-18/h3-6,8,10-12,35H,7,9H2,1-2H3,(H,27,29,30,31)/t22-/m1/s1. The lowest BCUT2D eigenvalue weighted by Crippen LogP contribution is -2.36. The van der Waals surface area contributed by atoms with Crippen LogP contribution in [0.2, 0.25) is 0 Å². The van der Waals surface area contributed by atoms with Crippen LogP contribution in [-0.2, 0) is 23.6 Å². The molecule has 1 fully saturated rings. The molecule has 0 bridgehead atoms. The molecule has 0 radical (unpaired) electrons. The Labute approximate surface area is 207 Å². The largest absolute Gasteiger partial charge is 0.433 e. The number of halogens is 3. The molecule has 13 heteroatoms. The Bertz CT molecular complexity index is 1450. The zero-order valence-electron chi connectivity index (χ0n) is 19.1. The van der Waals surface area contributed by atoms with Crippen molar-refractivity contribution in [2.24, 2.45) is 7.05 Å². The number of alkyl halides is 3. The van der Waals surface area contributed by atoms with E-state index in [1.165, 1.54) is 29.5 Å². The van der Waals surface area contributed by atoms with Crippen LogP contribution < -0.4 is 5.32 Å². The summed E-state index contributed by atoms with van der Waals surface area (Å²) < 4.78 is 39.9. The van der Waals surface area contributed by atoms with Crippen LogP contribution in [0.15, 0.2) is 48.0 Å². The van der Waals surface area contributed by atoms with Gasteiger partial charge in [0.15, 0.2) is 11.4 Å². The first-order valence-electron chi connectivity index (χ1n) is 10.8. The van der Waals surface area contributed by atoms with Gasteiger partial charge < -0.3 is 15.3 Å². The molecule has 3 aromatic heterocycles. The summed E-state index contributed by atoms with van der Waals surface area (Å²) in [7, 11) is 2.86. The second kappa shape index (κ2) is 8.68. The molecule has 0 unspecified atom stereocenters. The van der Waals surface area contributed by atoms with Gasteiger partial charge in [-0.15, -0.1) is 11.3 Å². The van der Waals surface area contributed by atoms with Gasteiger partial charge in [0.25, 0.3) is 5.91 Å². The number of anilines is 2. The van der Waals surface area contributed by atoms with Crippen LogP contribution >= 0.6 is 11.3 Å². The molecule has 0 aliphatic carbocycles. The van der Waals surface area contributed by atoms with Gasteiger partial charge in [-0.25, -0.2) is 15.0 Å². The molecule has 2 N–H and O–H groups in total. The van der Waals surface area contributed by atoms with Crippen LogP contribution in [0.25, 0.3) is 22.0 Å². The smallest absolute Gasteiger partial charge is 0.375 e. The summed E-state index contributed by atoms with van der Waals surface area (Å²) in [5, 5.41) is 19.9. The number of benzene rings is 1. The number of hydrogen-bond donors (Lipinski definition) is 2. The number of amides is 1. The van der Waals surface area contributed by atoms with Crippen molar-refractivity contribution < 1.29 is 23.1 Å². The topological polar surface area (TPSA) is 109 Å². The normalized spacial score (nSPS) is 18.2. The number of nitrogens with one attached hydrogen (secondary N) is 1. The molecular weight excluding hydrogens is 495 g/mol. The second-order valence-corrected chi connectivity index (χ2v) is 9.24. The fraction of sp³-hybridized carbons (Fsp3) is 0.261. The predicted molar refractivity (Wildman–Crippen MR) is 126 cm³/mol. The Morgan fingerprint density at radius 3 is 2.64 bits per heavy atom. The summed E-state index contributed by atoms with van der Waals surface area (Å²) in [6.07, 6.45) is -2.75. The molecule has 0 spiro atoms. The van der Waals surface area contributed by atoms with E-state index in [-0.39, 0.29) is 17.7 Å². The van der Waals surface area contributed by atoms with Gasteiger partial charge in [-0.2, -0.15) is 18.3 Å². The first-order valence-corrected chi connectivity index (χ1v) is 11.7. The Morgan fingerprint density at radius 1 is 1.14 bits per heavy atom. The zero-order chi connectivity index (χ0) is 25.7. The Balaban J connectivity index is 1.39. The minimum Gasteiger partial charge on any atom is -0.375 e. The summed E-state index contributed by atoms with van der Waals surface area (Å²) in [6, 6.07) is 9.60. The van der Waals surface area contributed by atoms with Crippen LogP contribution in [0.4, 0.5) is 24.9 Å². The lowest BCUT2D eigenvalue weighted by Gasteiger charge is -2.21. The third-order valence-electron chi connectivity index (χ3n) is 5.93. The molecule has 9 nitrogen and oxygen atoms in total. The number of thiazole rings is 1. The maximum Gasteiger partial charge on any atom is 0.433 e. The molecule has 1 aliphatic heterocycles. The summed E-state index contributed by atoms with van der Waals surface area (Å²) in [6.45, 7) is 0.473. The van der Waals surface area contributed by atoms with Crippen molar-refractivity contribution in [1.29, 1.82) is 0 Å². The molecule has 1 saturated heterocycles. The number of carbonyl (C=O) groups excluding carboxylic acids is 1. The molecule has 36 heavy (non-hydrogen) atoms. The Morgan fingerprint density at radius 2 is 1.94 bits per heavy atom. The van der Waals surface area contributed by atoms with Crippen LogP contribution in [0.3, 0.4) is 0 Å². The van der Waals surface area contributed by atoms with Gasteiger partial charge >= 0.3 is 6.18 Å². The fourth-order valence-electron chi connectivity index (χ4n) is 4.02. The molecule has 4 aromatic rings. The summed E-state index contributed by atoms with van der Waals surface area (Å²) in [4.78, 5) is 27.0. The first-order chi connectivity index (χ1) is 17.0. The molecular formula is C23H20F3N7O2S. The van der Waals surface area contributed by atoms with Gasteiger partial charge in [0, 0.05) is 50.3 Å². The van der Waals surface area contributed by atoms with Gasteiger partial charge in [0.2, 0.25) is 5.95 Å². The predicted octanol–water partition coefficient (Wildman–Crippen LogP) is 3.81. The minimum absolute atomic E-state index is 0.0391. The highest BCUT2D eigenvalue weighted by Crippen LogP contribution is 2.36. The SMILES string of the molecule is CN1CC[C@@](O)(c2cccc(-c3nc(-c4ccnc(Nc5cc(C(F)(F)F)n(C)n5)n4)cs3)c2)C1=O. The highest BCUT2D eigenvalue weighted by atomic mass is 32.1. The lowest BCUT2D eigenvalue weighted by molar-refractivity contribution is -0.144. The summed E-state index contributed by atoms with van der Waals surface area (Å²) >= 11 is 1.36. The van der Waals surface area contributed by atoms with E-state index in [0.717, 1.165) is 16.3 Å². The first kappa shape index (κ1) is 23.9. The molecule has 5 rings (SSSR count). The lowest BCUT2D eigenvalue weighted by atomic mass is 9.91. The number of nitrogens with zero attached hydrogens (tertiary/aromatic N) is 6. The number of aromatic nitrogens is 5. The second-order valence-electron chi connectivity index (χ2n) is 8.38. The Kier molecular flexibility index (Phi) is 5.75. The van der Waals surface area contributed by atoms with E-state index in [1.807, 2.05) is 6.07 Å². The van der Waals surface area contributed by atoms with Gasteiger partial charge in [-0.3, -0.25) is 9.48 Å². The molecule has 1 atom stereocenters.